The molecule has 0 unspecified atom stereocenters. The number of methoxy groups -OCH3 is 1. The molecule has 0 spiro atoms. The highest BCUT2D eigenvalue weighted by molar-refractivity contribution is 7.12. The van der Waals surface area contributed by atoms with E-state index in [4.69, 9.17) is 14.6 Å². The number of rotatable bonds is 4. The number of carbonyl (C=O) groups excluding carboxylic acids is 1. The van der Waals surface area contributed by atoms with Crippen molar-refractivity contribution in [2.24, 2.45) is 0 Å². The molecular formula is C18H20F3N3O4S. The molecule has 0 aromatic carbocycles. The summed E-state index contributed by atoms with van der Waals surface area (Å²) in [6.45, 7) is 3.49. The molecule has 0 saturated heterocycles. The molecule has 1 aliphatic heterocycles. The Hall–Kier alpha value is -2.66. The van der Waals surface area contributed by atoms with Crippen molar-refractivity contribution in [2.45, 2.75) is 12.7 Å². The molecule has 0 saturated carbocycles. The fraction of sp³-hybridized carbons (Fsp3) is 0.389. The van der Waals surface area contributed by atoms with Crippen molar-refractivity contribution in [3.63, 3.8) is 0 Å². The maximum atomic E-state index is 12.6. The van der Waals surface area contributed by atoms with Crippen LogP contribution in [0.4, 0.5) is 19.0 Å². The van der Waals surface area contributed by atoms with Crippen molar-refractivity contribution in [3.05, 3.63) is 46.3 Å². The second kappa shape index (κ2) is 10.2. The van der Waals surface area contributed by atoms with Crippen LogP contribution in [0.1, 0.15) is 15.2 Å². The van der Waals surface area contributed by atoms with Crippen LogP contribution < -0.4 is 4.90 Å². The number of anilines is 1. The van der Waals surface area contributed by atoms with Crippen LogP contribution in [0.5, 0.6) is 0 Å². The largest absolute Gasteiger partial charge is 0.490 e. The van der Waals surface area contributed by atoms with Crippen LogP contribution >= 0.6 is 11.3 Å². The topological polar surface area (TPSA) is 83.0 Å². The molecule has 0 atom stereocenters. The molecule has 0 aliphatic carbocycles. The van der Waals surface area contributed by atoms with E-state index in [-0.39, 0.29) is 5.91 Å². The first-order valence-electron chi connectivity index (χ1n) is 8.54. The lowest BCUT2D eigenvalue weighted by Crippen LogP contribution is -2.36. The summed E-state index contributed by atoms with van der Waals surface area (Å²) in [5.74, 6) is -1.70. The number of carboxylic acids is 1. The van der Waals surface area contributed by atoms with E-state index in [0.717, 1.165) is 29.3 Å². The molecule has 3 rings (SSSR count). The number of pyridine rings is 1. The summed E-state index contributed by atoms with van der Waals surface area (Å²) < 4.78 is 36.9. The summed E-state index contributed by atoms with van der Waals surface area (Å²) in [4.78, 5) is 30.9. The second-order valence-electron chi connectivity index (χ2n) is 5.97. The van der Waals surface area contributed by atoms with Gasteiger partial charge in [0.05, 0.1) is 11.5 Å². The average Bonchev–Trinajstić information content (AvgIpc) is 3.15. The third kappa shape index (κ3) is 6.43. The van der Waals surface area contributed by atoms with Gasteiger partial charge in [-0.25, -0.2) is 9.78 Å². The van der Waals surface area contributed by atoms with E-state index in [9.17, 15) is 18.0 Å². The Kier molecular flexibility index (Phi) is 7.97. The molecule has 7 nitrogen and oxygen atoms in total. The molecule has 158 valence electrons. The maximum Gasteiger partial charge on any atom is 0.490 e. The molecule has 0 radical (unpaired) electrons. The molecule has 11 heteroatoms. The first kappa shape index (κ1) is 22.6. The highest BCUT2D eigenvalue weighted by Gasteiger charge is 2.38. The Balaban J connectivity index is 0.000000370. The third-order valence-corrected chi connectivity index (χ3v) is 4.85. The van der Waals surface area contributed by atoms with Gasteiger partial charge in [0.1, 0.15) is 5.82 Å². The minimum Gasteiger partial charge on any atom is -0.475 e. The lowest BCUT2D eigenvalue weighted by Gasteiger charge is -2.23. The number of aliphatic carboxylic acids is 1. The number of halogens is 3. The van der Waals surface area contributed by atoms with Crippen LogP contribution in [0.15, 0.2) is 35.8 Å². The molecule has 3 heterocycles. The van der Waals surface area contributed by atoms with Crippen LogP contribution in [0.3, 0.4) is 0 Å². The fourth-order valence-electron chi connectivity index (χ4n) is 2.62. The number of alkyl halides is 3. The predicted molar refractivity (Wildman–Crippen MR) is 101 cm³/mol. The summed E-state index contributed by atoms with van der Waals surface area (Å²) in [5.41, 5.74) is 1.08. The number of carboxylic acid groups (broad SMARTS) is 1. The molecule has 0 bridgehead atoms. The van der Waals surface area contributed by atoms with Gasteiger partial charge in [-0.3, -0.25) is 4.79 Å². The van der Waals surface area contributed by atoms with E-state index < -0.39 is 12.1 Å². The molecule has 1 amide bonds. The van der Waals surface area contributed by atoms with E-state index in [1.807, 2.05) is 34.5 Å². The average molecular weight is 431 g/mol. The number of ether oxygens (including phenoxy) is 1. The standard InChI is InChI=1S/C16H19N3O2S.C2HF3O2/c1-21-10-9-18-7-8-19(16(20)14-5-3-11-22-14)12-13-4-2-6-17-15(13)18;3-2(4,5)1(6)7/h2-6,11H,7-10,12H2,1H3;(H,6,7). The van der Waals surface area contributed by atoms with Crippen molar-refractivity contribution in [1.82, 2.24) is 9.88 Å². The van der Waals surface area contributed by atoms with E-state index in [0.29, 0.717) is 19.7 Å². The number of carbonyl (C=O) groups is 2. The van der Waals surface area contributed by atoms with Crippen molar-refractivity contribution in [3.8, 4) is 0 Å². The molecule has 0 fully saturated rings. The number of amides is 1. The number of hydrogen-bond acceptors (Lipinski definition) is 6. The van der Waals surface area contributed by atoms with E-state index in [2.05, 4.69) is 9.88 Å². The quantitative estimate of drug-likeness (QED) is 0.802. The van der Waals surface area contributed by atoms with Crippen molar-refractivity contribution >= 4 is 29.0 Å². The van der Waals surface area contributed by atoms with Gasteiger partial charge in [0.15, 0.2) is 0 Å². The minimum atomic E-state index is -5.08. The lowest BCUT2D eigenvalue weighted by molar-refractivity contribution is -0.192. The first-order valence-corrected chi connectivity index (χ1v) is 9.42. The van der Waals surface area contributed by atoms with E-state index >= 15 is 0 Å². The Morgan fingerprint density at radius 1 is 1.28 bits per heavy atom. The smallest absolute Gasteiger partial charge is 0.475 e. The normalized spacial score (nSPS) is 13.8. The fourth-order valence-corrected chi connectivity index (χ4v) is 3.31. The highest BCUT2D eigenvalue weighted by Crippen LogP contribution is 2.24. The van der Waals surface area contributed by atoms with Gasteiger partial charge >= 0.3 is 12.1 Å². The Labute approximate surface area is 169 Å². The SMILES string of the molecule is COCCN1CCN(C(=O)c2cccs2)Cc2cccnc21.O=C(O)C(F)(F)F. The zero-order chi connectivity index (χ0) is 21.4. The Morgan fingerprint density at radius 3 is 2.59 bits per heavy atom. The molecule has 1 aliphatic rings. The third-order valence-electron chi connectivity index (χ3n) is 4.00. The predicted octanol–water partition coefficient (Wildman–Crippen LogP) is 2.89. The van der Waals surface area contributed by atoms with Crippen molar-refractivity contribution < 1.29 is 32.6 Å². The van der Waals surface area contributed by atoms with Crippen LogP contribution in [0, 0.1) is 0 Å². The summed E-state index contributed by atoms with van der Waals surface area (Å²) in [6.07, 6.45) is -3.28. The summed E-state index contributed by atoms with van der Waals surface area (Å²) in [5, 5.41) is 9.06. The maximum absolute atomic E-state index is 12.6. The first-order chi connectivity index (χ1) is 13.7. The monoisotopic (exact) mass is 431 g/mol. The van der Waals surface area contributed by atoms with Gasteiger partial charge in [0.25, 0.3) is 5.91 Å². The van der Waals surface area contributed by atoms with Crippen LogP contribution in [-0.4, -0.2) is 66.4 Å². The molecule has 2 aromatic rings. The number of nitrogens with zero attached hydrogens (tertiary/aromatic N) is 3. The van der Waals surface area contributed by atoms with Gasteiger partial charge in [0, 0.05) is 45.0 Å². The highest BCUT2D eigenvalue weighted by atomic mass is 32.1. The molecule has 29 heavy (non-hydrogen) atoms. The van der Waals surface area contributed by atoms with Crippen LogP contribution in [0.25, 0.3) is 0 Å². The zero-order valence-electron chi connectivity index (χ0n) is 15.6. The Morgan fingerprint density at radius 2 is 2.00 bits per heavy atom. The van der Waals surface area contributed by atoms with Crippen molar-refractivity contribution in [2.75, 3.05) is 38.3 Å². The van der Waals surface area contributed by atoms with Gasteiger partial charge in [0.2, 0.25) is 0 Å². The molecule has 1 N–H and O–H groups in total. The lowest BCUT2D eigenvalue weighted by atomic mass is 10.2. The number of aromatic nitrogens is 1. The van der Waals surface area contributed by atoms with E-state index in [1.54, 1.807) is 13.3 Å². The van der Waals surface area contributed by atoms with Gasteiger partial charge in [-0.15, -0.1) is 11.3 Å². The van der Waals surface area contributed by atoms with Crippen molar-refractivity contribution in [1.29, 1.82) is 0 Å². The number of hydrogen-bond donors (Lipinski definition) is 1. The summed E-state index contributed by atoms with van der Waals surface area (Å²) in [7, 11) is 1.70. The van der Waals surface area contributed by atoms with Gasteiger partial charge in [-0.2, -0.15) is 13.2 Å². The zero-order valence-corrected chi connectivity index (χ0v) is 16.4. The van der Waals surface area contributed by atoms with Gasteiger partial charge in [-0.05, 0) is 17.5 Å². The van der Waals surface area contributed by atoms with Gasteiger partial charge in [-0.1, -0.05) is 12.1 Å². The van der Waals surface area contributed by atoms with Crippen LogP contribution in [-0.2, 0) is 16.1 Å². The van der Waals surface area contributed by atoms with Crippen LogP contribution in [0.2, 0.25) is 0 Å². The second-order valence-corrected chi connectivity index (χ2v) is 6.92. The molecule has 2 aromatic heterocycles. The summed E-state index contributed by atoms with van der Waals surface area (Å²) >= 11 is 1.49. The minimum absolute atomic E-state index is 0.0957. The van der Waals surface area contributed by atoms with E-state index in [1.165, 1.54) is 11.3 Å². The summed E-state index contributed by atoms with van der Waals surface area (Å²) in [6, 6.07) is 7.76. The number of thiophene rings is 1. The molecular weight excluding hydrogens is 411 g/mol. The Bertz CT molecular complexity index is 815. The number of fused-ring (bicyclic) bond motifs is 1. The van der Waals surface area contributed by atoms with Gasteiger partial charge < -0.3 is 19.6 Å².